The van der Waals surface area contributed by atoms with Crippen LogP contribution in [0.5, 0.6) is 0 Å². The van der Waals surface area contributed by atoms with Crippen molar-refractivity contribution in [1.82, 2.24) is 0 Å². The number of allylic oxidation sites excluding steroid dienone is 3. The predicted molar refractivity (Wildman–Crippen MR) is 71.1 cm³/mol. The summed E-state index contributed by atoms with van der Waals surface area (Å²) in [6.07, 6.45) is 13.4. The molecular weight excluding hydrogens is 238 g/mol. The Morgan fingerprint density at radius 1 is 1.16 bits per heavy atom. The van der Waals surface area contributed by atoms with Crippen LogP contribution in [0.3, 0.4) is 0 Å². The summed E-state index contributed by atoms with van der Waals surface area (Å²) in [4.78, 5) is 10.8. The van der Waals surface area contributed by atoms with Crippen LogP contribution in [-0.4, -0.2) is 11.1 Å². The quantitative estimate of drug-likeness (QED) is 0.479. The number of aliphatic carboxylic acids is 1. The lowest BCUT2D eigenvalue weighted by atomic mass is 9.49. The van der Waals surface area contributed by atoms with E-state index in [1.54, 1.807) is 12.1 Å². The Morgan fingerprint density at radius 2 is 1.68 bits per heavy atom. The van der Waals surface area contributed by atoms with Gasteiger partial charge >= 0.3 is 5.97 Å². The first-order chi connectivity index (χ1) is 9.10. The molecule has 1 N–H and O–H groups in total. The first kappa shape index (κ1) is 12.5. The standard InChI is InChI=1S/C16H19NO2/c17-10-14(15(18)19)2-1-3-16-7-11-4-12(8-16)6-13(5-11)9-16/h1-3,11-13H,4-9H2,(H,18,19)/b3-1+,14-2+. The van der Waals surface area contributed by atoms with E-state index >= 15 is 0 Å². The second kappa shape index (κ2) is 4.52. The molecule has 0 amide bonds. The van der Waals surface area contributed by atoms with Crippen molar-refractivity contribution in [2.24, 2.45) is 23.2 Å². The van der Waals surface area contributed by atoms with Crippen molar-refractivity contribution >= 4 is 5.97 Å². The Balaban J connectivity index is 1.76. The third-order valence-corrected chi connectivity index (χ3v) is 5.15. The van der Waals surface area contributed by atoms with E-state index < -0.39 is 5.97 Å². The first-order valence-electron chi connectivity index (χ1n) is 7.13. The average Bonchev–Trinajstić information content (AvgIpc) is 2.32. The van der Waals surface area contributed by atoms with E-state index in [0.717, 1.165) is 17.8 Å². The van der Waals surface area contributed by atoms with Crippen LogP contribution in [0.1, 0.15) is 38.5 Å². The molecule has 3 heteroatoms. The van der Waals surface area contributed by atoms with Crippen molar-refractivity contribution in [3.8, 4) is 6.07 Å². The van der Waals surface area contributed by atoms with Gasteiger partial charge in [0.15, 0.2) is 0 Å². The summed E-state index contributed by atoms with van der Waals surface area (Å²) in [5, 5.41) is 17.5. The number of carboxylic acid groups (broad SMARTS) is 1. The van der Waals surface area contributed by atoms with Crippen molar-refractivity contribution in [1.29, 1.82) is 5.26 Å². The fourth-order valence-corrected chi connectivity index (χ4v) is 4.89. The Bertz CT molecular complexity index is 460. The number of nitrogens with zero attached hydrogens (tertiary/aromatic N) is 1. The summed E-state index contributed by atoms with van der Waals surface area (Å²) in [6.45, 7) is 0. The maximum Gasteiger partial charge on any atom is 0.346 e. The van der Waals surface area contributed by atoms with Gasteiger partial charge in [-0.25, -0.2) is 4.79 Å². The molecule has 4 bridgehead atoms. The fourth-order valence-electron chi connectivity index (χ4n) is 4.89. The smallest absolute Gasteiger partial charge is 0.346 e. The van der Waals surface area contributed by atoms with E-state index in [-0.39, 0.29) is 5.57 Å². The van der Waals surface area contributed by atoms with E-state index in [4.69, 9.17) is 10.4 Å². The Hall–Kier alpha value is -1.56. The third-order valence-electron chi connectivity index (χ3n) is 5.15. The third kappa shape index (κ3) is 2.32. The van der Waals surface area contributed by atoms with Crippen LogP contribution >= 0.6 is 0 Å². The molecule has 0 atom stereocenters. The molecule has 0 aromatic carbocycles. The van der Waals surface area contributed by atoms with E-state index in [0.29, 0.717) is 5.41 Å². The molecule has 0 spiro atoms. The number of rotatable bonds is 3. The highest BCUT2D eigenvalue weighted by Crippen LogP contribution is 2.60. The van der Waals surface area contributed by atoms with Crippen molar-refractivity contribution in [2.75, 3.05) is 0 Å². The van der Waals surface area contributed by atoms with Crippen molar-refractivity contribution in [3.05, 3.63) is 23.8 Å². The topological polar surface area (TPSA) is 61.1 Å². The van der Waals surface area contributed by atoms with Crippen LogP contribution in [0, 0.1) is 34.5 Å². The second-order valence-corrected chi connectivity index (χ2v) is 6.64. The van der Waals surface area contributed by atoms with Gasteiger partial charge in [0.05, 0.1) is 0 Å². The predicted octanol–water partition coefficient (Wildman–Crippen LogP) is 3.29. The normalized spacial score (nSPS) is 40.6. The lowest BCUT2D eigenvalue weighted by Gasteiger charge is -2.55. The van der Waals surface area contributed by atoms with Gasteiger partial charge in [0, 0.05) is 0 Å². The molecule has 0 radical (unpaired) electrons. The van der Waals surface area contributed by atoms with Crippen LogP contribution in [0.25, 0.3) is 0 Å². The lowest BCUT2D eigenvalue weighted by Crippen LogP contribution is -2.44. The minimum Gasteiger partial charge on any atom is -0.477 e. The van der Waals surface area contributed by atoms with E-state index in [9.17, 15) is 4.79 Å². The van der Waals surface area contributed by atoms with Gasteiger partial charge in [-0.3, -0.25) is 0 Å². The van der Waals surface area contributed by atoms with Crippen LogP contribution in [0.15, 0.2) is 23.8 Å². The fraction of sp³-hybridized carbons (Fsp3) is 0.625. The van der Waals surface area contributed by atoms with Gasteiger partial charge in [0.1, 0.15) is 11.6 Å². The second-order valence-electron chi connectivity index (χ2n) is 6.64. The van der Waals surface area contributed by atoms with Gasteiger partial charge in [0.25, 0.3) is 0 Å². The molecule has 0 aliphatic heterocycles. The van der Waals surface area contributed by atoms with Crippen molar-refractivity contribution in [3.63, 3.8) is 0 Å². The molecule has 4 aliphatic carbocycles. The minimum atomic E-state index is -1.14. The summed E-state index contributed by atoms with van der Waals surface area (Å²) in [6, 6.07) is 1.72. The molecule has 0 aromatic heterocycles. The summed E-state index contributed by atoms with van der Waals surface area (Å²) < 4.78 is 0. The zero-order valence-electron chi connectivity index (χ0n) is 11.0. The molecule has 0 unspecified atom stereocenters. The zero-order valence-corrected chi connectivity index (χ0v) is 11.0. The van der Waals surface area contributed by atoms with Crippen LogP contribution < -0.4 is 0 Å². The van der Waals surface area contributed by atoms with Crippen LogP contribution in [-0.2, 0) is 4.79 Å². The number of hydrogen-bond acceptors (Lipinski definition) is 2. The highest BCUT2D eigenvalue weighted by atomic mass is 16.4. The van der Waals surface area contributed by atoms with Crippen LogP contribution in [0.2, 0.25) is 0 Å². The van der Waals surface area contributed by atoms with Gasteiger partial charge in [-0.05, 0) is 67.8 Å². The highest BCUT2D eigenvalue weighted by molar-refractivity contribution is 5.91. The number of carbonyl (C=O) groups is 1. The zero-order chi connectivity index (χ0) is 13.5. The van der Waals surface area contributed by atoms with E-state index in [1.807, 2.05) is 0 Å². The minimum absolute atomic E-state index is 0.180. The van der Waals surface area contributed by atoms with Gasteiger partial charge < -0.3 is 5.11 Å². The Labute approximate surface area is 113 Å². The first-order valence-corrected chi connectivity index (χ1v) is 7.13. The molecule has 4 saturated carbocycles. The van der Waals surface area contributed by atoms with Gasteiger partial charge in [-0.1, -0.05) is 12.2 Å². The Kier molecular flexibility index (Phi) is 2.97. The van der Waals surface area contributed by atoms with Crippen molar-refractivity contribution < 1.29 is 9.90 Å². The lowest BCUT2D eigenvalue weighted by molar-refractivity contribution is -0.132. The molecule has 4 rings (SSSR count). The molecule has 0 heterocycles. The maximum absolute atomic E-state index is 10.8. The molecule has 4 fully saturated rings. The summed E-state index contributed by atoms with van der Waals surface area (Å²) >= 11 is 0. The van der Waals surface area contributed by atoms with Gasteiger partial charge in [-0.2, -0.15) is 5.26 Å². The summed E-state index contributed by atoms with van der Waals surface area (Å²) in [7, 11) is 0. The number of hydrogen-bond donors (Lipinski definition) is 1. The summed E-state index contributed by atoms with van der Waals surface area (Å²) in [5.74, 6) is 1.51. The van der Waals surface area contributed by atoms with E-state index in [2.05, 4.69) is 6.08 Å². The molecule has 0 aromatic rings. The highest BCUT2D eigenvalue weighted by Gasteiger charge is 2.49. The monoisotopic (exact) mass is 257 g/mol. The molecule has 4 aliphatic rings. The molecule has 100 valence electrons. The molecular formula is C16H19NO2. The number of carboxylic acids is 1. The molecule has 19 heavy (non-hydrogen) atoms. The average molecular weight is 257 g/mol. The largest absolute Gasteiger partial charge is 0.477 e. The molecule has 3 nitrogen and oxygen atoms in total. The number of nitriles is 1. The maximum atomic E-state index is 10.8. The van der Waals surface area contributed by atoms with E-state index in [1.165, 1.54) is 44.6 Å². The SMILES string of the molecule is N#C/C(=C\C=C\C12CC3CC(CC(C3)C1)C2)C(=O)O. The van der Waals surface area contributed by atoms with Crippen LogP contribution in [0.4, 0.5) is 0 Å². The van der Waals surface area contributed by atoms with Gasteiger partial charge in [0.2, 0.25) is 0 Å². The van der Waals surface area contributed by atoms with Crippen molar-refractivity contribution in [2.45, 2.75) is 38.5 Å². The Morgan fingerprint density at radius 3 is 2.11 bits per heavy atom. The van der Waals surface area contributed by atoms with Gasteiger partial charge in [-0.15, -0.1) is 0 Å². The summed E-state index contributed by atoms with van der Waals surface area (Å²) in [5.41, 5.74) is 0.116. The molecule has 0 saturated heterocycles.